The Morgan fingerprint density at radius 1 is 1.27 bits per heavy atom. The average molecular weight is 378 g/mol. The molecule has 0 N–H and O–H groups in total. The van der Waals surface area contributed by atoms with Crippen LogP contribution in [0, 0.1) is 0 Å². The van der Waals surface area contributed by atoms with E-state index in [2.05, 4.69) is 40.4 Å². The Hall–Kier alpha value is -1.99. The Morgan fingerprint density at radius 2 is 1.92 bits per heavy atom. The molecule has 1 aromatic rings. The van der Waals surface area contributed by atoms with Crippen molar-refractivity contribution in [1.29, 1.82) is 0 Å². The quantitative estimate of drug-likeness (QED) is 0.335. The lowest BCUT2D eigenvalue weighted by molar-refractivity contribution is -0.146. The summed E-state index contributed by atoms with van der Waals surface area (Å²) in [6, 6.07) is 5.47. The molecule has 0 radical (unpaired) electrons. The van der Waals surface area contributed by atoms with Gasteiger partial charge in [0.25, 0.3) is 5.60 Å². The molecule has 2 heterocycles. The SMILES string of the molecule is C=C(O[Si](C)(C)C(C)(C)C)[C@]1(C(=O)OC)O[C@H]1c1ccc2c(c1)OCO2. The first kappa shape index (κ1) is 18.8. The van der Waals surface area contributed by atoms with Crippen molar-refractivity contribution in [2.75, 3.05) is 13.9 Å². The van der Waals surface area contributed by atoms with Crippen LogP contribution in [-0.4, -0.2) is 33.8 Å². The lowest BCUT2D eigenvalue weighted by Gasteiger charge is -2.37. The average Bonchev–Trinajstić information content (AvgIpc) is 3.15. The summed E-state index contributed by atoms with van der Waals surface area (Å²) in [5.41, 5.74) is -0.530. The molecular weight excluding hydrogens is 352 g/mol. The van der Waals surface area contributed by atoms with Gasteiger partial charge in [0.2, 0.25) is 15.1 Å². The number of hydrogen-bond acceptors (Lipinski definition) is 6. The lowest BCUT2D eigenvalue weighted by atomic mass is 9.97. The zero-order valence-electron chi connectivity index (χ0n) is 16.2. The smallest absolute Gasteiger partial charge is 0.349 e. The van der Waals surface area contributed by atoms with Crippen LogP contribution in [0.2, 0.25) is 18.1 Å². The van der Waals surface area contributed by atoms with Crippen LogP contribution in [0.3, 0.4) is 0 Å². The van der Waals surface area contributed by atoms with E-state index in [1.165, 1.54) is 7.11 Å². The van der Waals surface area contributed by atoms with Crippen LogP contribution in [0.25, 0.3) is 0 Å². The van der Waals surface area contributed by atoms with Gasteiger partial charge in [0.15, 0.2) is 11.5 Å². The molecule has 142 valence electrons. The number of rotatable bonds is 5. The summed E-state index contributed by atoms with van der Waals surface area (Å²) in [5, 5.41) is -0.0314. The number of methoxy groups -OCH3 is 1. The van der Waals surface area contributed by atoms with E-state index in [1.54, 1.807) is 6.07 Å². The summed E-state index contributed by atoms with van der Waals surface area (Å²) in [7, 11) is -0.840. The number of carbonyl (C=O) groups excluding carboxylic acids is 1. The van der Waals surface area contributed by atoms with Crippen LogP contribution in [0.1, 0.15) is 32.4 Å². The van der Waals surface area contributed by atoms with Crippen LogP contribution in [0.5, 0.6) is 11.5 Å². The highest BCUT2D eigenvalue weighted by atomic mass is 28.4. The molecule has 6 nitrogen and oxygen atoms in total. The van der Waals surface area contributed by atoms with Gasteiger partial charge in [0.1, 0.15) is 11.9 Å². The van der Waals surface area contributed by atoms with Crippen LogP contribution >= 0.6 is 0 Å². The molecule has 2 aliphatic rings. The fourth-order valence-electron chi connectivity index (χ4n) is 2.70. The van der Waals surface area contributed by atoms with Gasteiger partial charge in [-0.3, -0.25) is 0 Å². The van der Waals surface area contributed by atoms with Gasteiger partial charge >= 0.3 is 5.97 Å². The summed E-state index contributed by atoms with van der Waals surface area (Å²) in [6.45, 7) is 14.8. The summed E-state index contributed by atoms with van der Waals surface area (Å²) in [4.78, 5) is 12.6. The molecule has 0 aromatic heterocycles. The van der Waals surface area contributed by atoms with Gasteiger partial charge in [-0.1, -0.05) is 33.4 Å². The topological polar surface area (TPSA) is 66.5 Å². The van der Waals surface area contributed by atoms with Crippen molar-refractivity contribution in [1.82, 2.24) is 0 Å². The molecule has 0 unspecified atom stereocenters. The summed E-state index contributed by atoms with van der Waals surface area (Å²) in [5.74, 6) is 1.10. The zero-order valence-corrected chi connectivity index (χ0v) is 17.2. The monoisotopic (exact) mass is 378 g/mol. The van der Waals surface area contributed by atoms with Crippen molar-refractivity contribution in [2.45, 2.75) is 50.6 Å². The Bertz CT molecular complexity index is 751. The molecule has 3 rings (SSSR count). The van der Waals surface area contributed by atoms with Crippen LogP contribution in [0.15, 0.2) is 30.5 Å². The third kappa shape index (κ3) is 2.89. The van der Waals surface area contributed by atoms with Gasteiger partial charge in [-0.05, 0) is 35.8 Å². The zero-order chi connectivity index (χ0) is 19.3. The molecule has 0 saturated carbocycles. The first-order valence-electron chi connectivity index (χ1n) is 8.57. The van der Waals surface area contributed by atoms with Gasteiger partial charge < -0.3 is 23.4 Å². The van der Waals surface area contributed by atoms with Crippen LogP contribution in [0.4, 0.5) is 0 Å². The fourth-order valence-corrected chi connectivity index (χ4v) is 3.77. The maximum Gasteiger partial charge on any atom is 0.349 e. The number of fused-ring (bicyclic) bond motifs is 1. The third-order valence-corrected chi connectivity index (χ3v) is 9.77. The molecule has 0 amide bonds. The van der Waals surface area contributed by atoms with Gasteiger partial charge in [-0.15, -0.1) is 0 Å². The lowest BCUT2D eigenvalue weighted by Crippen LogP contribution is -2.43. The Balaban J connectivity index is 1.88. The second kappa shape index (κ2) is 6.02. The number of carbonyl (C=O) groups is 1. The van der Waals surface area contributed by atoms with E-state index < -0.39 is 26.0 Å². The Morgan fingerprint density at radius 3 is 2.54 bits per heavy atom. The minimum absolute atomic E-state index is 0.0314. The van der Waals surface area contributed by atoms with Crippen molar-refractivity contribution in [3.05, 3.63) is 36.1 Å². The number of esters is 1. The summed E-state index contributed by atoms with van der Waals surface area (Å²) in [6.07, 6.45) is -0.526. The van der Waals surface area contributed by atoms with Crippen molar-refractivity contribution < 1.29 is 28.2 Å². The molecule has 2 aliphatic heterocycles. The van der Waals surface area contributed by atoms with Gasteiger partial charge in [0, 0.05) is 0 Å². The largest absolute Gasteiger partial charge is 0.544 e. The molecule has 0 spiro atoms. The molecular formula is C19H26O6Si. The van der Waals surface area contributed by atoms with E-state index in [4.69, 9.17) is 23.4 Å². The highest BCUT2D eigenvalue weighted by molar-refractivity contribution is 6.74. The molecule has 0 bridgehead atoms. The number of benzene rings is 1. The van der Waals surface area contributed by atoms with Crippen molar-refractivity contribution in [2.24, 2.45) is 0 Å². The maximum atomic E-state index is 12.6. The summed E-state index contributed by atoms with van der Waals surface area (Å²) < 4.78 is 27.9. The van der Waals surface area contributed by atoms with Gasteiger partial charge in [0.05, 0.1) is 7.11 Å². The van der Waals surface area contributed by atoms with Crippen LogP contribution < -0.4 is 9.47 Å². The molecule has 26 heavy (non-hydrogen) atoms. The number of epoxide rings is 1. The van der Waals surface area contributed by atoms with E-state index >= 15 is 0 Å². The first-order valence-corrected chi connectivity index (χ1v) is 11.5. The van der Waals surface area contributed by atoms with E-state index in [-0.39, 0.29) is 11.8 Å². The molecule has 7 heteroatoms. The van der Waals surface area contributed by atoms with Gasteiger partial charge in [-0.25, -0.2) is 4.79 Å². The third-order valence-electron chi connectivity index (χ3n) is 5.40. The molecule has 1 aromatic carbocycles. The molecule has 2 atom stereocenters. The standard InChI is InChI=1S/C19H26O6Si/c1-12(25-26(6,7)18(2,3)4)19(17(20)21-5)16(24-19)13-8-9-14-15(10-13)23-11-22-14/h8-10,16H,1,11H2,2-7H3/t16-,19-/m0/s1. The predicted molar refractivity (Wildman–Crippen MR) is 98.6 cm³/mol. The van der Waals surface area contributed by atoms with Gasteiger partial charge in [-0.2, -0.15) is 0 Å². The fraction of sp³-hybridized carbons (Fsp3) is 0.526. The maximum absolute atomic E-state index is 12.6. The molecule has 0 aliphatic carbocycles. The first-order chi connectivity index (χ1) is 12.0. The Labute approximate surface area is 155 Å². The number of ether oxygens (including phenoxy) is 4. The molecule has 1 saturated heterocycles. The van der Waals surface area contributed by atoms with E-state index in [1.807, 2.05) is 12.1 Å². The predicted octanol–water partition coefficient (Wildman–Crippen LogP) is 3.93. The highest BCUT2D eigenvalue weighted by Gasteiger charge is 2.68. The van der Waals surface area contributed by atoms with E-state index in [0.29, 0.717) is 17.3 Å². The molecule has 1 fully saturated rings. The van der Waals surface area contributed by atoms with E-state index in [9.17, 15) is 4.79 Å². The minimum atomic E-state index is -2.18. The minimum Gasteiger partial charge on any atom is -0.544 e. The van der Waals surface area contributed by atoms with E-state index in [0.717, 1.165) is 5.56 Å². The van der Waals surface area contributed by atoms with Crippen molar-refractivity contribution >= 4 is 14.3 Å². The van der Waals surface area contributed by atoms with Crippen molar-refractivity contribution in [3.63, 3.8) is 0 Å². The van der Waals surface area contributed by atoms with Crippen molar-refractivity contribution in [3.8, 4) is 11.5 Å². The normalized spacial score (nSPS) is 24.2. The van der Waals surface area contributed by atoms with Crippen LogP contribution in [-0.2, 0) is 18.7 Å². The highest BCUT2D eigenvalue weighted by Crippen LogP contribution is 2.57. The Kier molecular flexibility index (Phi) is 4.35. The number of hydrogen-bond donors (Lipinski definition) is 0. The second-order valence-corrected chi connectivity index (χ2v) is 12.8. The summed E-state index contributed by atoms with van der Waals surface area (Å²) >= 11 is 0. The second-order valence-electron chi connectivity index (χ2n) is 8.12.